The highest BCUT2D eigenvalue weighted by atomic mass is 79.9. The Bertz CT molecular complexity index is 663. The lowest BCUT2D eigenvalue weighted by molar-refractivity contribution is 0.0975. The molecule has 104 valence electrons. The van der Waals surface area contributed by atoms with Crippen LogP contribution in [0.5, 0.6) is 11.5 Å². The lowest BCUT2D eigenvalue weighted by atomic mass is 10.2. The molecule has 0 fully saturated rings. The van der Waals surface area contributed by atoms with Crippen LogP contribution in [-0.2, 0) is 0 Å². The quantitative estimate of drug-likeness (QED) is 0.768. The average Bonchev–Trinajstić information content (AvgIpc) is 2.91. The molecule has 1 aliphatic rings. The van der Waals surface area contributed by atoms with E-state index < -0.39 is 0 Å². The highest BCUT2D eigenvalue weighted by molar-refractivity contribution is 9.11. The van der Waals surface area contributed by atoms with Crippen LogP contribution in [0.1, 0.15) is 10.4 Å². The number of aromatic amines is 1. The monoisotopic (exact) mass is 401 g/mol. The third-order valence-electron chi connectivity index (χ3n) is 2.94. The molecule has 20 heavy (non-hydrogen) atoms. The molecule has 0 aliphatic carbocycles. The Labute approximate surface area is 131 Å². The van der Waals surface area contributed by atoms with Gasteiger partial charge < -0.3 is 9.84 Å². The van der Waals surface area contributed by atoms with Crippen LogP contribution in [-0.4, -0.2) is 34.4 Å². The summed E-state index contributed by atoms with van der Waals surface area (Å²) in [5.74, 6) is 0.967. The van der Waals surface area contributed by atoms with Gasteiger partial charge in [0.15, 0.2) is 11.6 Å². The maximum atomic E-state index is 12.6. The topological polar surface area (TPSA) is 78.4 Å². The van der Waals surface area contributed by atoms with E-state index in [1.807, 2.05) is 0 Å². The molecule has 3 rings (SSSR count). The van der Waals surface area contributed by atoms with Crippen molar-refractivity contribution in [3.8, 4) is 11.5 Å². The van der Waals surface area contributed by atoms with Gasteiger partial charge in [-0.1, -0.05) is 0 Å². The summed E-state index contributed by atoms with van der Waals surface area (Å²) in [5.41, 5.74) is 0.448. The second-order valence-corrected chi connectivity index (χ2v) is 5.89. The summed E-state index contributed by atoms with van der Waals surface area (Å²) >= 11 is 6.44. The van der Waals surface area contributed by atoms with Gasteiger partial charge in [-0.2, -0.15) is 5.10 Å². The first-order valence-corrected chi connectivity index (χ1v) is 7.32. The molecule has 0 saturated heterocycles. The maximum Gasteiger partial charge on any atom is 0.259 e. The number of amides is 1. The van der Waals surface area contributed by atoms with E-state index in [4.69, 9.17) is 4.74 Å². The van der Waals surface area contributed by atoms with E-state index >= 15 is 0 Å². The van der Waals surface area contributed by atoms with Crippen molar-refractivity contribution in [2.45, 2.75) is 0 Å². The first-order chi connectivity index (χ1) is 9.58. The van der Waals surface area contributed by atoms with E-state index in [-0.39, 0.29) is 11.7 Å². The number of phenols is 1. The van der Waals surface area contributed by atoms with Gasteiger partial charge in [-0.15, -0.1) is 0 Å². The molecule has 0 radical (unpaired) electrons. The molecule has 0 saturated carbocycles. The fourth-order valence-corrected chi connectivity index (χ4v) is 3.16. The molecule has 0 atom stereocenters. The summed E-state index contributed by atoms with van der Waals surface area (Å²) in [6, 6.07) is 3.15. The molecule has 2 N–H and O–H groups in total. The molecule has 0 unspecified atom stereocenters. The first-order valence-electron chi connectivity index (χ1n) is 5.74. The molecule has 6 nitrogen and oxygen atoms in total. The standard InChI is InChI=1S/C12H9Br2N3O3/c13-7-3-6(4-8(14)10(7)18)12(19)17-1-2-20-9-5-15-16-11(9)17/h3-5,18H,1-2H2,(H,15,16). The minimum Gasteiger partial charge on any atom is -0.506 e. The van der Waals surface area contributed by atoms with Crippen molar-refractivity contribution in [2.75, 3.05) is 18.1 Å². The number of aromatic nitrogens is 2. The number of aromatic hydroxyl groups is 1. The van der Waals surface area contributed by atoms with Crippen LogP contribution in [0.4, 0.5) is 5.82 Å². The van der Waals surface area contributed by atoms with Gasteiger partial charge in [0.1, 0.15) is 12.4 Å². The van der Waals surface area contributed by atoms with Crippen molar-refractivity contribution in [1.29, 1.82) is 0 Å². The van der Waals surface area contributed by atoms with E-state index in [0.29, 0.717) is 39.2 Å². The smallest absolute Gasteiger partial charge is 0.259 e. The summed E-state index contributed by atoms with van der Waals surface area (Å²) in [7, 11) is 0. The third-order valence-corrected chi connectivity index (χ3v) is 4.15. The summed E-state index contributed by atoms with van der Waals surface area (Å²) in [5, 5.41) is 16.3. The van der Waals surface area contributed by atoms with Gasteiger partial charge in [-0.3, -0.25) is 14.8 Å². The number of fused-ring (bicyclic) bond motifs is 1. The molecule has 1 aliphatic heterocycles. The second kappa shape index (κ2) is 5.10. The summed E-state index contributed by atoms with van der Waals surface area (Å²) < 4.78 is 6.30. The molecule has 1 aromatic carbocycles. The van der Waals surface area contributed by atoms with E-state index in [9.17, 15) is 9.90 Å². The summed E-state index contributed by atoms with van der Waals surface area (Å²) in [6.07, 6.45) is 1.54. The normalized spacial score (nSPS) is 13.8. The third kappa shape index (κ3) is 2.18. The van der Waals surface area contributed by atoms with Gasteiger partial charge in [-0.25, -0.2) is 0 Å². The van der Waals surface area contributed by atoms with Crippen molar-refractivity contribution in [3.05, 3.63) is 32.8 Å². The van der Waals surface area contributed by atoms with Gasteiger partial charge in [-0.05, 0) is 44.0 Å². The molecule has 1 aromatic heterocycles. The van der Waals surface area contributed by atoms with E-state index in [2.05, 4.69) is 42.1 Å². The number of hydrogen-bond donors (Lipinski definition) is 2. The van der Waals surface area contributed by atoms with Crippen LogP contribution in [0.25, 0.3) is 0 Å². The van der Waals surface area contributed by atoms with Gasteiger partial charge in [0, 0.05) is 5.56 Å². The van der Waals surface area contributed by atoms with Crippen LogP contribution in [0.3, 0.4) is 0 Å². The first kappa shape index (κ1) is 13.4. The molecule has 2 heterocycles. The zero-order valence-electron chi connectivity index (χ0n) is 10.1. The van der Waals surface area contributed by atoms with Crippen LogP contribution >= 0.6 is 31.9 Å². The molecule has 2 aromatic rings. The highest BCUT2D eigenvalue weighted by Gasteiger charge is 2.27. The fourth-order valence-electron chi connectivity index (χ4n) is 1.97. The Morgan fingerprint density at radius 3 is 2.80 bits per heavy atom. The van der Waals surface area contributed by atoms with Crippen molar-refractivity contribution >= 4 is 43.6 Å². The largest absolute Gasteiger partial charge is 0.506 e. The van der Waals surface area contributed by atoms with Crippen LogP contribution in [0.2, 0.25) is 0 Å². The minimum atomic E-state index is -0.194. The van der Waals surface area contributed by atoms with Gasteiger partial charge >= 0.3 is 0 Å². The SMILES string of the molecule is O=C(c1cc(Br)c(O)c(Br)c1)N1CCOc2cn[nH]c21. The van der Waals surface area contributed by atoms with Crippen LogP contribution in [0.15, 0.2) is 27.3 Å². The van der Waals surface area contributed by atoms with Crippen LogP contribution < -0.4 is 9.64 Å². The molecular formula is C12H9Br2N3O3. The molecule has 8 heteroatoms. The van der Waals surface area contributed by atoms with Gasteiger partial charge in [0.2, 0.25) is 0 Å². The fraction of sp³-hybridized carbons (Fsp3) is 0.167. The maximum absolute atomic E-state index is 12.6. The van der Waals surface area contributed by atoms with Crippen molar-refractivity contribution in [2.24, 2.45) is 0 Å². The number of phenolic OH excluding ortho intramolecular Hbond substituents is 1. The van der Waals surface area contributed by atoms with Crippen molar-refractivity contribution < 1.29 is 14.6 Å². The predicted molar refractivity (Wildman–Crippen MR) is 79.3 cm³/mol. The number of nitrogens with zero attached hydrogens (tertiary/aromatic N) is 2. The highest BCUT2D eigenvalue weighted by Crippen LogP contribution is 2.35. The lowest BCUT2D eigenvalue weighted by Crippen LogP contribution is -2.38. The number of rotatable bonds is 1. The number of hydrogen-bond acceptors (Lipinski definition) is 4. The molecule has 0 bridgehead atoms. The van der Waals surface area contributed by atoms with Gasteiger partial charge in [0.05, 0.1) is 21.7 Å². The Morgan fingerprint density at radius 2 is 2.10 bits per heavy atom. The van der Waals surface area contributed by atoms with Gasteiger partial charge in [0.25, 0.3) is 5.91 Å². The zero-order chi connectivity index (χ0) is 14.3. The number of nitrogens with one attached hydrogen (secondary N) is 1. The molecule has 0 spiro atoms. The van der Waals surface area contributed by atoms with E-state index in [0.717, 1.165) is 0 Å². The predicted octanol–water partition coefficient (Wildman–Crippen LogP) is 2.68. The van der Waals surface area contributed by atoms with E-state index in [1.54, 1.807) is 17.0 Å². The minimum absolute atomic E-state index is 0.0609. The van der Waals surface area contributed by atoms with Crippen LogP contribution in [0, 0.1) is 0 Å². The number of anilines is 1. The summed E-state index contributed by atoms with van der Waals surface area (Å²) in [6.45, 7) is 0.850. The Morgan fingerprint density at radius 1 is 1.40 bits per heavy atom. The Balaban J connectivity index is 1.99. The molecule has 1 amide bonds. The Kier molecular flexibility index (Phi) is 3.43. The number of carbonyl (C=O) groups excluding carboxylic acids is 1. The summed E-state index contributed by atoms with van der Waals surface area (Å²) in [4.78, 5) is 14.1. The number of ether oxygens (including phenoxy) is 1. The zero-order valence-corrected chi connectivity index (χ0v) is 13.2. The van der Waals surface area contributed by atoms with E-state index in [1.165, 1.54) is 6.20 Å². The average molecular weight is 403 g/mol. The number of H-pyrrole nitrogens is 1. The Hall–Kier alpha value is -1.54. The molecular weight excluding hydrogens is 394 g/mol. The number of halogens is 2. The lowest BCUT2D eigenvalue weighted by Gasteiger charge is -2.26. The number of benzene rings is 1. The second-order valence-electron chi connectivity index (χ2n) is 4.18. The van der Waals surface area contributed by atoms with Crippen molar-refractivity contribution in [1.82, 2.24) is 10.2 Å². The van der Waals surface area contributed by atoms with Crippen molar-refractivity contribution in [3.63, 3.8) is 0 Å². The number of carbonyl (C=O) groups is 1.